The molecular weight excluding hydrogens is 262 g/mol. The Kier molecular flexibility index (Phi) is 5.23. The molecule has 1 aliphatic rings. The Balaban J connectivity index is 2.09. The van der Waals surface area contributed by atoms with Crippen molar-refractivity contribution >= 4 is 17.6 Å². The molecular formula is C15H20ClNO2. The molecule has 1 fully saturated rings. The van der Waals surface area contributed by atoms with Gasteiger partial charge in [0.1, 0.15) is 6.04 Å². The molecule has 0 heterocycles. The second-order valence-corrected chi connectivity index (χ2v) is 5.62. The quantitative estimate of drug-likeness (QED) is 0.826. The van der Waals surface area contributed by atoms with E-state index in [1.807, 2.05) is 6.07 Å². The standard InChI is InChI=1S/C15H20ClNO2/c16-12-7-5-6-11(10-12)14(15(18)19)17-13-8-3-1-2-4-9-13/h5-7,10,13-14,17H,1-4,8-9H2,(H,18,19). The summed E-state index contributed by atoms with van der Waals surface area (Å²) in [6, 6.07) is 6.72. The summed E-state index contributed by atoms with van der Waals surface area (Å²) in [5, 5.41) is 13.3. The maximum absolute atomic E-state index is 11.5. The highest BCUT2D eigenvalue weighted by atomic mass is 35.5. The molecule has 2 rings (SSSR count). The fourth-order valence-electron chi connectivity index (χ4n) is 2.68. The first-order chi connectivity index (χ1) is 9.16. The summed E-state index contributed by atoms with van der Waals surface area (Å²) in [6.45, 7) is 0. The predicted molar refractivity (Wildman–Crippen MR) is 76.5 cm³/mol. The van der Waals surface area contributed by atoms with E-state index in [0.29, 0.717) is 11.1 Å². The van der Waals surface area contributed by atoms with Crippen LogP contribution in [-0.4, -0.2) is 17.1 Å². The van der Waals surface area contributed by atoms with E-state index in [-0.39, 0.29) is 0 Å². The molecule has 1 saturated carbocycles. The maximum atomic E-state index is 11.5. The summed E-state index contributed by atoms with van der Waals surface area (Å²) in [4.78, 5) is 11.5. The molecule has 1 aliphatic carbocycles. The van der Waals surface area contributed by atoms with Gasteiger partial charge in [0.15, 0.2) is 0 Å². The highest BCUT2D eigenvalue weighted by molar-refractivity contribution is 6.30. The minimum Gasteiger partial charge on any atom is -0.480 e. The average molecular weight is 282 g/mol. The zero-order valence-electron chi connectivity index (χ0n) is 10.9. The molecule has 0 bridgehead atoms. The van der Waals surface area contributed by atoms with Gasteiger partial charge in [0.05, 0.1) is 0 Å². The number of halogens is 1. The smallest absolute Gasteiger partial charge is 0.325 e. The molecule has 19 heavy (non-hydrogen) atoms. The van der Waals surface area contributed by atoms with E-state index in [0.717, 1.165) is 18.4 Å². The first-order valence-corrected chi connectivity index (χ1v) is 7.29. The number of hydrogen-bond donors (Lipinski definition) is 2. The zero-order chi connectivity index (χ0) is 13.7. The molecule has 1 atom stereocenters. The van der Waals surface area contributed by atoms with Crippen LogP contribution in [0.5, 0.6) is 0 Å². The van der Waals surface area contributed by atoms with Crippen molar-refractivity contribution in [1.29, 1.82) is 0 Å². The second kappa shape index (κ2) is 6.92. The van der Waals surface area contributed by atoms with Crippen LogP contribution in [0.2, 0.25) is 5.02 Å². The van der Waals surface area contributed by atoms with Crippen molar-refractivity contribution in [2.75, 3.05) is 0 Å². The van der Waals surface area contributed by atoms with Crippen LogP contribution in [0.3, 0.4) is 0 Å². The minimum atomic E-state index is -0.841. The lowest BCUT2D eigenvalue weighted by Gasteiger charge is -2.22. The Morgan fingerprint density at radius 3 is 2.53 bits per heavy atom. The fourth-order valence-corrected chi connectivity index (χ4v) is 2.88. The Hall–Kier alpha value is -1.06. The molecule has 4 heteroatoms. The van der Waals surface area contributed by atoms with Crippen LogP contribution in [0.1, 0.15) is 50.1 Å². The van der Waals surface area contributed by atoms with Crippen molar-refractivity contribution in [3.05, 3.63) is 34.9 Å². The number of nitrogens with one attached hydrogen (secondary N) is 1. The number of hydrogen-bond acceptors (Lipinski definition) is 2. The first-order valence-electron chi connectivity index (χ1n) is 6.91. The summed E-state index contributed by atoms with van der Waals surface area (Å²) in [5.74, 6) is -0.841. The lowest BCUT2D eigenvalue weighted by Crippen LogP contribution is -2.36. The van der Waals surface area contributed by atoms with E-state index in [2.05, 4.69) is 5.32 Å². The molecule has 1 aromatic rings. The Labute approximate surface area is 119 Å². The summed E-state index contributed by atoms with van der Waals surface area (Å²) >= 11 is 5.94. The molecule has 0 saturated heterocycles. The third-order valence-electron chi connectivity index (χ3n) is 3.69. The average Bonchev–Trinajstić information content (AvgIpc) is 2.64. The summed E-state index contributed by atoms with van der Waals surface area (Å²) in [5.41, 5.74) is 0.726. The number of rotatable bonds is 4. The van der Waals surface area contributed by atoms with Crippen LogP contribution in [0.25, 0.3) is 0 Å². The van der Waals surface area contributed by atoms with E-state index in [9.17, 15) is 9.90 Å². The Bertz CT molecular complexity index is 428. The largest absolute Gasteiger partial charge is 0.480 e. The van der Waals surface area contributed by atoms with Gasteiger partial charge in [-0.1, -0.05) is 49.4 Å². The second-order valence-electron chi connectivity index (χ2n) is 5.18. The monoisotopic (exact) mass is 281 g/mol. The van der Waals surface area contributed by atoms with Crippen LogP contribution >= 0.6 is 11.6 Å². The van der Waals surface area contributed by atoms with Crippen molar-refractivity contribution in [3.8, 4) is 0 Å². The molecule has 0 radical (unpaired) electrons. The number of aliphatic carboxylic acids is 1. The highest BCUT2D eigenvalue weighted by Crippen LogP contribution is 2.23. The fraction of sp³-hybridized carbons (Fsp3) is 0.533. The number of carboxylic acids is 1. The Morgan fingerprint density at radius 2 is 1.95 bits per heavy atom. The predicted octanol–water partition coefficient (Wildman–Crippen LogP) is 3.78. The van der Waals surface area contributed by atoms with Gasteiger partial charge in [-0.2, -0.15) is 0 Å². The van der Waals surface area contributed by atoms with Crippen LogP contribution in [0, 0.1) is 0 Å². The van der Waals surface area contributed by atoms with Crippen LogP contribution in [-0.2, 0) is 4.79 Å². The van der Waals surface area contributed by atoms with E-state index in [1.165, 1.54) is 25.7 Å². The number of carbonyl (C=O) groups is 1. The SMILES string of the molecule is O=C(O)C(NC1CCCCCC1)c1cccc(Cl)c1. The van der Waals surface area contributed by atoms with Gasteiger partial charge < -0.3 is 5.11 Å². The summed E-state index contributed by atoms with van der Waals surface area (Å²) in [6.07, 6.45) is 6.99. The van der Waals surface area contributed by atoms with Crippen molar-refractivity contribution in [3.63, 3.8) is 0 Å². The van der Waals surface area contributed by atoms with Crippen LogP contribution < -0.4 is 5.32 Å². The third kappa shape index (κ3) is 4.22. The number of benzene rings is 1. The molecule has 0 spiro atoms. The molecule has 2 N–H and O–H groups in total. The van der Waals surface area contributed by atoms with Crippen molar-refractivity contribution in [1.82, 2.24) is 5.32 Å². The lowest BCUT2D eigenvalue weighted by atomic mass is 10.0. The zero-order valence-corrected chi connectivity index (χ0v) is 11.7. The summed E-state index contributed by atoms with van der Waals surface area (Å²) < 4.78 is 0. The lowest BCUT2D eigenvalue weighted by molar-refractivity contribution is -0.140. The topological polar surface area (TPSA) is 49.3 Å². The van der Waals surface area contributed by atoms with E-state index >= 15 is 0 Å². The maximum Gasteiger partial charge on any atom is 0.325 e. The van der Waals surface area contributed by atoms with Crippen LogP contribution in [0.4, 0.5) is 0 Å². The van der Waals surface area contributed by atoms with Gasteiger partial charge in [-0.15, -0.1) is 0 Å². The normalized spacial score (nSPS) is 18.8. The van der Waals surface area contributed by atoms with E-state index in [1.54, 1.807) is 18.2 Å². The summed E-state index contributed by atoms with van der Waals surface area (Å²) in [7, 11) is 0. The van der Waals surface area contributed by atoms with Crippen LogP contribution in [0.15, 0.2) is 24.3 Å². The molecule has 0 aliphatic heterocycles. The van der Waals surface area contributed by atoms with Gasteiger partial charge >= 0.3 is 5.97 Å². The number of carboxylic acid groups (broad SMARTS) is 1. The van der Waals surface area contributed by atoms with Gasteiger partial charge in [0.2, 0.25) is 0 Å². The molecule has 3 nitrogen and oxygen atoms in total. The highest BCUT2D eigenvalue weighted by Gasteiger charge is 2.24. The molecule has 1 unspecified atom stereocenters. The Morgan fingerprint density at radius 1 is 1.26 bits per heavy atom. The van der Waals surface area contributed by atoms with Gasteiger partial charge in [-0.05, 0) is 30.5 Å². The van der Waals surface area contributed by atoms with Crippen molar-refractivity contribution < 1.29 is 9.90 Å². The van der Waals surface area contributed by atoms with Gasteiger partial charge in [-0.25, -0.2) is 0 Å². The van der Waals surface area contributed by atoms with Crippen molar-refractivity contribution in [2.45, 2.75) is 50.6 Å². The molecule has 1 aromatic carbocycles. The van der Waals surface area contributed by atoms with E-state index in [4.69, 9.17) is 11.6 Å². The van der Waals surface area contributed by atoms with E-state index < -0.39 is 12.0 Å². The van der Waals surface area contributed by atoms with Gasteiger partial charge in [0.25, 0.3) is 0 Å². The minimum absolute atomic E-state index is 0.294. The molecule has 104 valence electrons. The van der Waals surface area contributed by atoms with Crippen molar-refractivity contribution in [2.24, 2.45) is 0 Å². The molecule has 0 aromatic heterocycles. The van der Waals surface area contributed by atoms with Gasteiger partial charge in [0, 0.05) is 11.1 Å². The third-order valence-corrected chi connectivity index (χ3v) is 3.92. The van der Waals surface area contributed by atoms with Gasteiger partial charge in [-0.3, -0.25) is 10.1 Å². The first kappa shape index (κ1) is 14.4. The molecule has 0 amide bonds.